The first-order chi connectivity index (χ1) is 25.2. The zero-order chi connectivity index (χ0) is 34.6. The Morgan fingerprint density at radius 2 is 1.31 bits per heavy atom. The number of imidazole rings is 1. The third kappa shape index (κ3) is 5.77. The summed E-state index contributed by atoms with van der Waals surface area (Å²) in [6, 6.07) is 48.4. The standard InChI is InChI=1S/C43H36N6OS/c1-2-3-23-40-44-41-38(30-51-39(41)29-50)48(40)28-31-24-26-32(27-25-31)36-21-13-14-22-37(36)42-45-46-47-49(42)43(33-15-7-4-8-16-33,34-17-9-5-10-18-34)35-19-11-6-12-20-35/h4-22,24-27,29-30H,2-3,23,28H2,1H3. The predicted molar refractivity (Wildman–Crippen MR) is 204 cm³/mol. The lowest BCUT2D eigenvalue weighted by Gasteiger charge is -2.36. The van der Waals surface area contributed by atoms with Crippen LogP contribution in [-0.2, 0) is 18.5 Å². The van der Waals surface area contributed by atoms with E-state index in [1.54, 1.807) is 0 Å². The van der Waals surface area contributed by atoms with E-state index in [-0.39, 0.29) is 0 Å². The molecule has 51 heavy (non-hydrogen) atoms. The predicted octanol–water partition coefficient (Wildman–Crippen LogP) is 9.46. The van der Waals surface area contributed by atoms with Gasteiger partial charge in [-0.25, -0.2) is 9.67 Å². The van der Waals surface area contributed by atoms with Crippen LogP contribution in [0.15, 0.2) is 145 Å². The molecule has 0 N–H and O–H groups in total. The highest BCUT2D eigenvalue weighted by Gasteiger charge is 2.42. The minimum atomic E-state index is -0.851. The fourth-order valence-electron chi connectivity index (χ4n) is 7.16. The van der Waals surface area contributed by atoms with Crippen LogP contribution in [0.1, 0.15) is 57.5 Å². The topological polar surface area (TPSA) is 78.5 Å². The summed E-state index contributed by atoms with van der Waals surface area (Å²) >= 11 is 1.46. The van der Waals surface area contributed by atoms with E-state index in [9.17, 15) is 4.79 Å². The number of rotatable bonds is 12. The Kier molecular flexibility index (Phi) is 8.90. The van der Waals surface area contributed by atoms with Crippen LogP contribution in [0.4, 0.5) is 0 Å². The van der Waals surface area contributed by atoms with Crippen molar-refractivity contribution in [1.82, 2.24) is 29.8 Å². The summed E-state index contributed by atoms with van der Waals surface area (Å²) in [5, 5.41) is 15.9. The van der Waals surface area contributed by atoms with Crippen molar-refractivity contribution >= 4 is 28.7 Å². The molecule has 7 nitrogen and oxygen atoms in total. The molecule has 3 aromatic heterocycles. The summed E-state index contributed by atoms with van der Waals surface area (Å²) in [5.74, 6) is 1.69. The molecule has 0 aliphatic heterocycles. The molecule has 0 amide bonds. The fourth-order valence-corrected chi connectivity index (χ4v) is 7.96. The van der Waals surface area contributed by atoms with Crippen LogP contribution in [0.2, 0.25) is 0 Å². The normalized spacial score (nSPS) is 11.6. The van der Waals surface area contributed by atoms with Gasteiger partial charge in [-0.2, -0.15) is 0 Å². The minimum Gasteiger partial charge on any atom is -0.323 e. The largest absolute Gasteiger partial charge is 0.323 e. The monoisotopic (exact) mass is 684 g/mol. The number of nitrogens with zero attached hydrogens (tertiary/aromatic N) is 6. The number of aldehydes is 1. The van der Waals surface area contributed by atoms with Gasteiger partial charge in [-0.05, 0) is 50.2 Å². The molecule has 5 aromatic carbocycles. The Bertz CT molecular complexity index is 2300. The van der Waals surface area contributed by atoms with E-state index in [1.807, 2.05) is 28.9 Å². The highest BCUT2D eigenvalue weighted by molar-refractivity contribution is 7.13. The van der Waals surface area contributed by atoms with Crippen LogP contribution in [0, 0.1) is 0 Å². The van der Waals surface area contributed by atoms with Crippen LogP contribution in [0.25, 0.3) is 33.5 Å². The van der Waals surface area contributed by atoms with E-state index in [1.165, 1.54) is 11.3 Å². The van der Waals surface area contributed by atoms with Crippen LogP contribution in [-0.4, -0.2) is 36.0 Å². The number of aromatic nitrogens is 6. The Morgan fingerprint density at radius 3 is 1.90 bits per heavy atom. The molecule has 250 valence electrons. The average molecular weight is 685 g/mol. The first-order valence-electron chi connectivity index (χ1n) is 17.3. The maximum Gasteiger partial charge on any atom is 0.184 e. The molecule has 0 aliphatic rings. The van der Waals surface area contributed by atoms with Crippen molar-refractivity contribution in [3.8, 4) is 22.5 Å². The molecule has 0 fully saturated rings. The van der Waals surface area contributed by atoms with Gasteiger partial charge < -0.3 is 4.57 Å². The summed E-state index contributed by atoms with van der Waals surface area (Å²) in [5.41, 5.74) is 8.32. The molecule has 0 unspecified atom stereocenters. The molecule has 0 bridgehead atoms. The molecule has 0 saturated heterocycles. The Balaban J connectivity index is 1.22. The van der Waals surface area contributed by atoms with Crippen molar-refractivity contribution in [3.63, 3.8) is 0 Å². The Morgan fingerprint density at radius 1 is 0.725 bits per heavy atom. The zero-order valence-corrected chi connectivity index (χ0v) is 29.1. The first kappa shape index (κ1) is 32.2. The molecule has 8 aromatic rings. The van der Waals surface area contributed by atoms with Gasteiger partial charge in [0, 0.05) is 23.9 Å². The summed E-state index contributed by atoms with van der Waals surface area (Å²) in [4.78, 5) is 17.3. The minimum absolute atomic E-state index is 0.663. The lowest BCUT2D eigenvalue weighted by molar-refractivity contribution is 0.112. The van der Waals surface area contributed by atoms with E-state index in [0.29, 0.717) is 17.2 Å². The average Bonchev–Trinajstić information content (AvgIpc) is 3.93. The number of thiophene rings is 1. The van der Waals surface area contributed by atoms with Gasteiger partial charge in [0.1, 0.15) is 16.9 Å². The van der Waals surface area contributed by atoms with Gasteiger partial charge in [-0.1, -0.05) is 153 Å². The van der Waals surface area contributed by atoms with Crippen LogP contribution >= 0.6 is 11.3 Å². The molecule has 3 heterocycles. The number of hydrogen-bond acceptors (Lipinski definition) is 6. The van der Waals surface area contributed by atoms with Crippen LogP contribution in [0.3, 0.4) is 0 Å². The van der Waals surface area contributed by atoms with Gasteiger partial charge in [0.25, 0.3) is 0 Å². The van der Waals surface area contributed by atoms with Gasteiger partial charge >= 0.3 is 0 Å². The van der Waals surface area contributed by atoms with Gasteiger partial charge in [0.05, 0.1) is 10.4 Å². The van der Waals surface area contributed by atoms with Crippen molar-refractivity contribution < 1.29 is 4.79 Å². The Labute approximate surface area is 300 Å². The molecule has 8 heteroatoms. The van der Waals surface area contributed by atoms with Crippen molar-refractivity contribution in [2.75, 3.05) is 0 Å². The fraction of sp³-hybridized carbons (Fsp3) is 0.140. The second-order valence-corrected chi connectivity index (χ2v) is 13.5. The highest BCUT2D eigenvalue weighted by Crippen LogP contribution is 2.43. The first-order valence-corrected chi connectivity index (χ1v) is 18.2. The molecule has 0 atom stereocenters. The quantitative estimate of drug-likeness (QED) is 0.0947. The summed E-state index contributed by atoms with van der Waals surface area (Å²) < 4.78 is 4.25. The summed E-state index contributed by atoms with van der Waals surface area (Å²) in [6.07, 6.45) is 3.93. The van der Waals surface area contributed by atoms with E-state index in [0.717, 1.165) is 81.4 Å². The highest BCUT2D eigenvalue weighted by atomic mass is 32.1. The number of hydrogen-bond donors (Lipinski definition) is 0. The smallest absolute Gasteiger partial charge is 0.184 e. The van der Waals surface area contributed by atoms with Gasteiger partial charge in [-0.15, -0.1) is 16.4 Å². The number of benzene rings is 5. The maximum atomic E-state index is 11.7. The number of tetrazole rings is 1. The molecule has 0 aliphatic carbocycles. The third-order valence-corrected chi connectivity index (χ3v) is 10.5. The number of fused-ring (bicyclic) bond motifs is 1. The molecular formula is C43H36N6OS. The Hall–Kier alpha value is -5.99. The summed E-state index contributed by atoms with van der Waals surface area (Å²) in [6.45, 7) is 2.87. The molecular weight excluding hydrogens is 649 g/mol. The van der Waals surface area contributed by atoms with E-state index < -0.39 is 5.54 Å². The van der Waals surface area contributed by atoms with Crippen molar-refractivity contribution in [1.29, 1.82) is 0 Å². The van der Waals surface area contributed by atoms with Gasteiger partial charge in [-0.3, -0.25) is 4.79 Å². The van der Waals surface area contributed by atoms with Crippen molar-refractivity contribution in [3.05, 3.63) is 178 Å². The maximum absolute atomic E-state index is 11.7. The molecule has 0 spiro atoms. The van der Waals surface area contributed by atoms with Gasteiger partial charge in [0.2, 0.25) is 0 Å². The number of aryl methyl sites for hydroxylation is 1. The lowest BCUT2D eigenvalue weighted by atomic mass is 9.77. The third-order valence-electron chi connectivity index (χ3n) is 9.61. The van der Waals surface area contributed by atoms with Crippen molar-refractivity contribution in [2.45, 2.75) is 38.3 Å². The zero-order valence-electron chi connectivity index (χ0n) is 28.3. The SMILES string of the molecule is CCCCc1nc2c(C=O)scc2n1Cc1ccc(-c2ccccc2-c2nnnn2C(c2ccccc2)(c2ccccc2)c2ccccc2)cc1. The number of carbonyl (C=O) groups excluding carboxylic acids is 1. The number of unbranched alkanes of at least 4 members (excludes halogenated alkanes) is 1. The molecule has 0 saturated carbocycles. The van der Waals surface area contributed by atoms with E-state index in [4.69, 9.17) is 15.3 Å². The summed E-state index contributed by atoms with van der Waals surface area (Å²) in [7, 11) is 0. The molecule has 0 radical (unpaired) electrons. The van der Waals surface area contributed by atoms with E-state index in [2.05, 4.69) is 137 Å². The van der Waals surface area contributed by atoms with Crippen LogP contribution in [0.5, 0.6) is 0 Å². The van der Waals surface area contributed by atoms with Crippen molar-refractivity contribution in [2.24, 2.45) is 0 Å². The second kappa shape index (κ2) is 14.1. The molecule has 8 rings (SSSR count). The number of carbonyl (C=O) groups is 1. The van der Waals surface area contributed by atoms with E-state index >= 15 is 0 Å². The van der Waals surface area contributed by atoms with Gasteiger partial charge in [0.15, 0.2) is 12.1 Å². The second-order valence-electron chi connectivity index (χ2n) is 12.6. The lowest BCUT2D eigenvalue weighted by Crippen LogP contribution is -2.39. The van der Waals surface area contributed by atoms with Crippen LogP contribution < -0.4 is 0 Å².